The molecule has 5 aromatic rings. The molecule has 0 bridgehead atoms. The lowest BCUT2D eigenvalue weighted by molar-refractivity contribution is 0.102. The van der Waals surface area contributed by atoms with Crippen LogP contribution in [0.2, 0.25) is 0 Å². The number of carbonyl (C=O) groups excluding carboxylic acids is 1. The van der Waals surface area contributed by atoms with Crippen LogP contribution in [0, 0.1) is 6.92 Å². The Kier molecular flexibility index (Phi) is 5.27. The quantitative estimate of drug-likeness (QED) is 0.419. The van der Waals surface area contributed by atoms with Crippen molar-refractivity contribution in [2.24, 2.45) is 7.05 Å². The predicted molar refractivity (Wildman–Crippen MR) is 131 cm³/mol. The monoisotopic (exact) mass is 455 g/mol. The first kappa shape index (κ1) is 20.7. The molecule has 33 heavy (non-hydrogen) atoms. The zero-order chi connectivity index (χ0) is 22.9. The topological polar surface area (TPSA) is 73.8 Å². The Morgan fingerprint density at radius 2 is 1.61 bits per heavy atom. The minimum Gasteiger partial charge on any atom is -0.316 e. The standard InChI is InChI=1S/C25H21N5O2S/c1-17-22(25(32)30(28(17)2)19-12-7-4-8-13-19)26-24(31)20-16-29(18-10-5-3-6-11-18)27-23(20)21-14-9-15-33-21/h3-16H,1-2H3,(H,26,31). The molecule has 0 atom stereocenters. The molecule has 164 valence electrons. The molecule has 0 saturated heterocycles. The average Bonchev–Trinajstić information content (AvgIpc) is 3.57. The molecule has 3 aromatic heterocycles. The molecule has 0 spiro atoms. The SMILES string of the molecule is Cc1c(NC(=O)c2cn(-c3ccccc3)nc2-c2cccs2)c(=O)n(-c2ccccc2)n1C. The molecule has 0 aliphatic carbocycles. The van der Waals surface area contributed by atoms with Crippen LogP contribution in [0.25, 0.3) is 21.9 Å². The fraction of sp³-hybridized carbons (Fsp3) is 0.0800. The van der Waals surface area contributed by atoms with E-state index in [1.54, 1.807) is 27.3 Å². The lowest BCUT2D eigenvalue weighted by atomic mass is 10.2. The van der Waals surface area contributed by atoms with Crippen molar-refractivity contribution in [3.63, 3.8) is 0 Å². The fourth-order valence-corrected chi connectivity index (χ4v) is 4.46. The molecule has 0 fully saturated rings. The van der Waals surface area contributed by atoms with E-state index in [0.29, 0.717) is 17.0 Å². The Hall–Kier alpha value is -4.17. The summed E-state index contributed by atoms with van der Waals surface area (Å²) in [5.74, 6) is -0.383. The maximum Gasteiger partial charge on any atom is 0.295 e. The number of para-hydroxylation sites is 2. The first-order chi connectivity index (χ1) is 16.0. The second-order valence-electron chi connectivity index (χ2n) is 7.54. The molecule has 5 rings (SSSR count). The van der Waals surface area contributed by atoms with Gasteiger partial charge >= 0.3 is 0 Å². The van der Waals surface area contributed by atoms with E-state index in [1.165, 1.54) is 11.3 Å². The number of rotatable bonds is 5. The number of nitrogens with one attached hydrogen (secondary N) is 1. The first-order valence-corrected chi connectivity index (χ1v) is 11.3. The molecule has 1 N–H and O–H groups in total. The molecule has 0 radical (unpaired) electrons. The normalized spacial score (nSPS) is 11.0. The van der Waals surface area contributed by atoms with E-state index in [4.69, 9.17) is 0 Å². The molecule has 1 amide bonds. The van der Waals surface area contributed by atoms with Crippen LogP contribution in [0.1, 0.15) is 16.1 Å². The minimum atomic E-state index is -0.383. The summed E-state index contributed by atoms with van der Waals surface area (Å²) in [5.41, 5.74) is 3.16. The van der Waals surface area contributed by atoms with E-state index in [-0.39, 0.29) is 17.2 Å². The Balaban J connectivity index is 1.56. The Morgan fingerprint density at radius 3 is 2.24 bits per heavy atom. The van der Waals surface area contributed by atoms with E-state index < -0.39 is 0 Å². The second-order valence-corrected chi connectivity index (χ2v) is 8.49. The summed E-state index contributed by atoms with van der Waals surface area (Å²) >= 11 is 1.51. The van der Waals surface area contributed by atoms with Crippen LogP contribution in [0.3, 0.4) is 0 Å². The van der Waals surface area contributed by atoms with E-state index in [9.17, 15) is 9.59 Å². The van der Waals surface area contributed by atoms with Crippen LogP contribution in [-0.2, 0) is 7.05 Å². The number of thiophene rings is 1. The lowest BCUT2D eigenvalue weighted by Crippen LogP contribution is -2.23. The third kappa shape index (κ3) is 3.70. The van der Waals surface area contributed by atoms with Crippen LogP contribution in [0.15, 0.2) is 89.2 Å². The zero-order valence-electron chi connectivity index (χ0n) is 18.1. The summed E-state index contributed by atoms with van der Waals surface area (Å²) in [5, 5.41) is 9.47. The van der Waals surface area contributed by atoms with Crippen molar-refractivity contribution in [2.45, 2.75) is 6.92 Å². The van der Waals surface area contributed by atoms with Gasteiger partial charge in [0, 0.05) is 13.2 Å². The van der Waals surface area contributed by atoms with Gasteiger partial charge in [0.25, 0.3) is 11.5 Å². The van der Waals surface area contributed by atoms with E-state index in [1.807, 2.05) is 85.1 Å². The third-order valence-corrected chi connectivity index (χ3v) is 6.40. The summed E-state index contributed by atoms with van der Waals surface area (Å²) in [6, 6.07) is 22.8. The number of anilines is 1. The van der Waals surface area contributed by atoms with Gasteiger partial charge in [-0.05, 0) is 42.6 Å². The van der Waals surface area contributed by atoms with Gasteiger partial charge in [-0.2, -0.15) is 5.10 Å². The Bertz CT molecular complexity index is 1480. The van der Waals surface area contributed by atoms with Gasteiger partial charge in [-0.3, -0.25) is 14.3 Å². The highest BCUT2D eigenvalue weighted by Crippen LogP contribution is 2.28. The van der Waals surface area contributed by atoms with Crippen molar-refractivity contribution < 1.29 is 4.79 Å². The Morgan fingerprint density at radius 1 is 0.939 bits per heavy atom. The van der Waals surface area contributed by atoms with Crippen molar-refractivity contribution in [1.29, 1.82) is 0 Å². The summed E-state index contributed by atoms with van der Waals surface area (Å²) in [6.07, 6.45) is 1.70. The van der Waals surface area contributed by atoms with Crippen molar-refractivity contribution in [1.82, 2.24) is 19.1 Å². The summed E-state index contributed by atoms with van der Waals surface area (Å²) in [7, 11) is 1.80. The van der Waals surface area contributed by atoms with Crippen LogP contribution in [0.4, 0.5) is 5.69 Å². The number of hydrogen-bond donors (Lipinski definition) is 1. The first-order valence-electron chi connectivity index (χ1n) is 10.4. The second kappa shape index (κ2) is 8.40. The van der Waals surface area contributed by atoms with Gasteiger partial charge in [-0.15, -0.1) is 11.3 Å². The number of benzene rings is 2. The molecule has 8 heteroatoms. The van der Waals surface area contributed by atoms with Crippen LogP contribution in [-0.4, -0.2) is 25.1 Å². The number of amides is 1. The van der Waals surface area contributed by atoms with Crippen molar-refractivity contribution in [3.05, 3.63) is 106 Å². The van der Waals surface area contributed by atoms with Crippen molar-refractivity contribution in [2.75, 3.05) is 5.32 Å². The highest BCUT2D eigenvalue weighted by molar-refractivity contribution is 7.13. The van der Waals surface area contributed by atoms with Gasteiger partial charge in [-0.1, -0.05) is 42.5 Å². The van der Waals surface area contributed by atoms with E-state index >= 15 is 0 Å². The largest absolute Gasteiger partial charge is 0.316 e. The van der Waals surface area contributed by atoms with Gasteiger partial charge in [0.2, 0.25) is 0 Å². The predicted octanol–water partition coefficient (Wildman–Crippen LogP) is 4.65. The van der Waals surface area contributed by atoms with Gasteiger partial charge < -0.3 is 5.32 Å². The average molecular weight is 456 g/mol. The summed E-state index contributed by atoms with van der Waals surface area (Å²) < 4.78 is 4.96. The maximum atomic E-state index is 13.4. The van der Waals surface area contributed by atoms with Gasteiger partial charge in [0.05, 0.1) is 27.5 Å². The highest BCUT2D eigenvalue weighted by atomic mass is 32.1. The zero-order valence-corrected chi connectivity index (χ0v) is 18.9. The van der Waals surface area contributed by atoms with Crippen molar-refractivity contribution >= 4 is 22.9 Å². The molecular formula is C25H21N5O2S. The van der Waals surface area contributed by atoms with Crippen LogP contribution in [0.5, 0.6) is 0 Å². The lowest BCUT2D eigenvalue weighted by Gasteiger charge is -2.07. The van der Waals surface area contributed by atoms with Crippen LogP contribution < -0.4 is 10.9 Å². The molecule has 7 nitrogen and oxygen atoms in total. The van der Waals surface area contributed by atoms with Gasteiger partial charge in [0.1, 0.15) is 11.4 Å². The molecular weight excluding hydrogens is 434 g/mol. The smallest absolute Gasteiger partial charge is 0.295 e. The summed E-state index contributed by atoms with van der Waals surface area (Å²) in [4.78, 5) is 27.5. The molecule has 3 heterocycles. The Labute approximate surface area is 194 Å². The number of carbonyl (C=O) groups is 1. The minimum absolute atomic E-state index is 0.246. The van der Waals surface area contributed by atoms with Gasteiger partial charge in [0.15, 0.2) is 0 Å². The molecule has 0 aliphatic heterocycles. The number of nitrogens with zero attached hydrogens (tertiary/aromatic N) is 4. The number of hydrogen-bond acceptors (Lipinski definition) is 4. The third-order valence-electron chi connectivity index (χ3n) is 5.53. The van der Waals surface area contributed by atoms with E-state index in [0.717, 1.165) is 16.3 Å². The van der Waals surface area contributed by atoms with Gasteiger partial charge in [-0.25, -0.2) is 9.36 Å². The molecule has 0 saturated carbocycles. The van der Waals surface area contributed by atoms with E-state index in [2.05, 4.69) is 10.4 Å². The summed E-state index contributed by atoms with van der Waals surface area (Å²) in [6.45, 7) is 1.81. The maximum absolute atomic E-state index is 13.4. The molecule has 0 unspecified atom stereocenters. The van der Waals surface area contributed by atoms with Crippen LogP contribution >= 0.6 is 11.3 Å². The highest BCUT2D eigenvalue weighted by Gasteiger charge is 2.23. The van der Waals surface area contributed by atoms with Crippen molar-refractivity contribution in [3.8, 4) is 21.9 Å². The number of aromatic nitrogens is 4. The molecule has 2 aromatic carbocycles. The fourth-order valence-electron chi connectivity index (χ4n) is 3.74. The molecule has 0 aliphatic rings.